The summed E-state index contributed by atoms with van der Waals surface area (Å²) < 4.78 is 39.4. The topological polar surface area (TPSA) is 88.2 Å². The number of anilines is 2. The van der Waals surface area contributed by atoms with E-state index in [1.54, 1.807) is 36.4 Å². The van der Waals surface area contributed by atoms with Crippen molar-refractivity contribution < 1.29 is 22.7 Å². The highest BCUT2D eigenvalue weighted by Gasteiger charge is 2.28. The number of carbonyl (C=O) groups is 1. The second-order valence-electron chi connectivity index (χ2n) is 8.79. The summed E-state index contributed by atoms with van der Waals surface area (Å²) in [5, 5.41) is 2.86. The molecule has 0 radical (unpaired) electrons. The van der Waals surface area contributed by atoms with Crippen LogP contribution in [0.25, 0.3) is 0 Å². The van der Waals surface area contributed by atoms with Crippen molar-refractivity contribution in [2.75, 3.05) is 42.1 Å². The normalized spacial score (nSPS) is 14.9. The van der Waals surface area contributed by atoms with E-state index in [1.807, 2.05) is 12.1 Å². The summed E-state index contributed by atoms with van der Waals surface area (Å²) in [7, 11) is -4.00. The summed E-state index contributed by atoms with van der Waals surface area (Å²) >= 11 is 0. The van der Waals surface area contributed by atoms with E-state index in [0.29, 0.717) is 36.9 Å². The van der Waals surface area contributed by atoms with Crippen LogP contribution in [0.3, 0.4) is 0 Å². The minimum Gasteiger partial charge on any atom is -0.486 e. The third kappa shape index (κ3) is 5.26. The number of sulfonamides is 1. The molecular formula is C27H29N3O5S. The Hall–Kier alpha value is -3.72. The average Bonchev–Trinajstić information content (AvgIpc) is 3.46. The van der Waals surface area contributed by atoms with Gasteiger partial charge in [-0.15, -0.1) is 0 Å². The van der Waals surface area contributed by atoms with Gasteiger partial charge in [-0.1, -0.05) is 30.3 Å². The fourth-order valence-corrected chi connectivity index (χ4v) is 5.84. The molecule has 0 saturated carbocycles. The van der Waals surface area contributed by atoms with E-state index in [4.69, 9.17) is 9.47 Å². The highest BCUT2D eigenvalue weighted by molar-refractivity contribution is 7.92. The van der Waals surface area contributed by atoms with Gasteiger partial charge >= 0.3 is 0 Å². The Labute approximate surface area is 211 Å². The number of carbonyl (C=O) groups excluding carboxylic acids is 1. The van der Waals surface area contributed by atoms with Crippen LogP contribution in [0.2, 0.25) is 0 Å². The van der Waals surface area contributed by atoms with Gasteiger partial charge in [0.15, 0.2) is 11.5 Å². The number of hydrogen-bond acceptors (Lipinski definition) is 6. The Morgan fingerprint density at radius 3 is 2.31 bits per heavy atom. The van der Waals surface area contributed by atoms with Crippen molar-refractivity contribution in [3.63, 3.8) is 0 Å². The molecule has 1 saturated heterocycles. The first kappa shape index (κ1) is 24.0. The average molecular weight is 508 g/mol. The number of ether oxygens (including phenoxy) is 2. The molecule has 3 aromatic rings. The first-order valence-electron chi connectivity index (χ1n) is 12.1. The molecule has 1 N–H and O–H groups in total. The molecule has 2 heterocycles. The van der Waals surface area contributed by atoms with Gasteiger partial charge in [-0.25, -0.2) is 8.42 Å². The molecule has 3 aromatic carbocycles. The van der Waals surface area contributed by atoms with Gasteiger partial charge in [0.1, 0.15) is 19.8 Å². The molecule has 36 heavy (non-hydrogen) atoms. The molecule has 0 unspecified atom stereocenters. The van der Waals surface area contributed by atoms with Gasteiger partial charge < -0.3 is 19.7 Å². The molecule has 2 aliphatic rings. The van der Waals surface area contributed by atoms with Crippen LogP contribution in [0.15, 0.2) is 77.7 Å². The highest BCUT2D eigenvalue weighted by Crippen LogP contribution is 2.35. The summed E-state index contributed by atoms with van der Waals surface area (Å²) in [6.45, 7) is 2.88. The Kier molecular flexibility index (Phi) is 6.99. The van der Waals surface area contributed by atoms with Gasteiger partial charge in [-0.05, 0) is 54.8 Å². The fourth-order valence-electron chi connectivity index (χ4n) is 4.41. The van der Waals surface area contributed by atoms with E-state index in [2.05, 4.69) is 22.3 Å². The van der Waals surface area contributed by atoms with Gasteiger partial charge in [-0.3, -0.25) is 9.10 Å². The lowest BCUT2D eigenvalue weighted by Crippen LogP contribution is -2.40. The Bertz CT molecular complexity index is 1310. The number of hydrogen-bond donors (Lipinski definition) is 1. The minimum atomic E-state index is -4.00. The Morgan fingerprint density at radius 1 is 0.889 bits per heavy atom. The highest BCUT2D eigenvalue weighted by atomic mass is 32.2. The lowest BCUT2D eigenvalue weighted by Gasteiger charge is -2.26. The third-order valence-corrected chi connectivity index (χ3v) is 8.12. The quantitative estimate of drug-likeness (QED) is 0.502. The molecule has 9 heteroatoms. The summed E-state index contributed by atoms with van der Waals surface area (Å²) in [4.78, 5) is 15.4. The van der Waals surface area contributed by atoms with Crippen LogP contribution in [0.4, 0.5) is 11.4 Å². The monoisotopic (exact) mass is 507 g/mol. The fraction of sp³-hybridized carbons (Fsp3) is 0.296. The molecule has 0 atom stereocenters. The van der Waals surface area contributed by atoms with E-state index < -0.39 is 15.9 Å². The molecule has 1 fully saturated rings. The smallest absolute Gasteiger partial charge is 0.264 e. The number of nitrogens with one attached hydrogen (secondary N) is 1. The number of nitrogens with zero attached hydrogens (tertiary/aromatic N) is 2. The minimum absolute atomic E-state index is 0.102. The maximum atomic E-state index is 13.5. The van der Waals surface area contributed by atoms with Gasteiger partial charge in [0.2, 0.25) is 5.91 Å². The first-order valence-corrected chi connectivity index (χ1v) is 13.5. The SMILES string of the molecule is O=C(CN(c1ccc2c(c1)OCCO2)S(=O)(=O)c1ccccc1)NCc1ccc(N2CCCC2)cc1. The molecule has 188 valence electrons. The van der Waals surface area contributed by atoms with Crippen LogP contribution < -0.4 is 24.0 Å². The zero-order chi connectivity index (χ0) is 25.0. The van der Waals surface area contributed by atoms with Crippen molar-refractivity contribution in [1.82, 2.24) is 5.32 Å². The number of amides is 1. The molecule has 0 bridgehead atoms. The molecule has 0 spiro atoms. The number of fused-ring (bicyclic) bond motifs is 1. The van der Waals surface area contributed by atoms with E-state index >= 15 is 0 Å². The predicted octanol–water partition coefficient (Wildman–Crippen LogP) is 3.57. The van der Waals surface area contributed by atoms with Crippen LogP contribution in [-0.4, -0.2) is 47.2 Å². The van der Waals surface area contributed by atoms with Crippen molar-refractivity contribution in [1.29, 1.82) is 0 Å². The molecule has 0 aliphatic carbocycles. The molecule has 1 amide bonds. The van der Waals surface area contributed by atoms with Crippen LogP contribution >= 0.6 is 0 Å². The summed E-state index contributed by atoms with van der Waals surface area (Å²) in [5.74, 6) is 0.586. The zero-order valence-corrected chi connectivity index (χ0v) is 20.7. The Balaban J connectivity index is 1.33. The zero-order valence-electron chi connectivity index (χ0n) is 19.9. The second-order valence-corrected chi connectivity index (χ2v) is 10.7. The third-order valence-electron chi connectivity index (χ3n) is 6.33. The molecule has 5 rings (SSSR count). The number of rotatable bonds is 8. The van der Waals surface area contributed by atoms with Crippen LogP contribution in [-0.2, 0) is 21.4 Å². The van der Waals surface area contributed by atoms with Crippen LogP contribution in [0, 0.1) is 0 Å². The second kappa shape index (κ2) is 10.5. The standard InChI is InChI=1S/C27H29N3O5S/c31-27(28-19-21-8-10-22(11-9-21)29-14-4-5-15-29)20-30(36(32,33)24-6-2-1-3-7-24)23-12-13-25-26(18-23)35-17-16-34-25/h1-3,6-13,18H,4-5,14-17,19-20H2,(H,28,31). The van der Waals surface area contributed by atoms with E-state index in [9.17, 15) is 13.2 Å². The van der Waals surface area contributed by atoms with E-state index in [0.717, 1.165) is 23.0 Å². The summed E-state index contributed by atoms with van der Waals surface area (Å²) in [5.41, 5.74) is 2.46. The lowest BCUT2D eigenvalue weighted by molar-refractivity contribution is -0.119. The van der Waals surface area contributed by atoms with E-state index in [1.165, 1.54) is 30.7 Å². The number of benzene rings is 3. The molecule has 0 aromatic heterocycles. The summed E-state index contributed by atoms with van der Waals surface area (Å²) in [6, 6.07) is 21.1. The van der Waals surface area contributed by atoms with Crippen LogP contribution in [0.5, 0.6) is 11.5 Å². The van der Waals surface area contributed by atoms with Crippen molar-refractivity contribution in [2.45, 2.75) is 24.3 Å². The van der Waals surface area contributed by atoms with Crippen molar-refractivity contribution in [3.05, 3.63) is 78.4 Å². The largest absolute Gasteiger partial charge is 0.486 e. The van der Waals surface area contributed by atoms with Crippen LogP contribution in [0.1, 0.15) is 18.4 Å². The Morgan fingerprint density at radius 2 is 1.58 bits per heavy atom. The van der Waals surface area contributed by atoms with Gasteiger partial charge in [0.05, 0.1) is 10.6 Å². The molecular weight excluding hydrogens is 478 g/mol. The maximum absolute atomic E-state index is 13.5. The van der Waals surface area contributed by atoms with Crippen molar-refractivity contribution >= 4 is 27.3 Å². The lowest BCUT2D eigenvalue weighted by atomic mass is 10.2. The van der Waals surface area contributed by atoms with E-state index in [-0.39, 0.29) is 11.4 Å². The summed E-state index contributed by atoms with van der Waals surface area (Å²) in [6.07, 6.45) is 2.42. The van der Waals surface area contributed by atoms with Gasteiger partial charge in [0.25, 0.3) is 10.0 Å². The first-order chi connectivity index (χ1) is 17.5. The van der Waals surface area contributed by atoms with Crippen molar-refractivity contribution in [2.24, 2.45) is 0 Å². The molecule has 8 nitrogen and oxygen atoms in total. The predicted molar refractivity (Wildman–Crippen MR) is 138 cm³/mol. The van der Waals surface area contributed by atoms with Gasteiger partial charge in [0, 0.05) is 31.4 Å². The molecule has 2 aliphatic heterocycles. The maximum Gasteiger partial charge on any atom is 0.264 e. The van der Waals surface area contributed by atoms with Crippen molar-refractivity contribution in [3.8, 4) is 11.5 Å². The van der Waals surface area contributed by atoms with Gasteiger partial charge in [-0.2, -0.15) is 0 Å².